The quantitative estimate of drug-likeness (QED) is 0.0770. The van der Waals surface area contributed by atoms with Gasteiger partial charge in [-0.15, -0.1) is 0 Å². The fourth-order valence-corrected chi connectivity index (χ4v) is 38.3. The van der Waals surface area contributed by atoms with Crippen molar-refractivity contribution in [1.29, 1.82) is 0 Å². The molecule has 0 aliphatic heterocycles. The predicted molar refractivity (Wildman–Crippen MR) is 199 cm³/mol. The second-order valence-electron chi connectivity index (χ2n) is 8.37. The van der Waals surface area contributed by atoms with E-state index in [0.29, 0.717) is 26.4 Å². The van der Waals surface area contributed by atoms with Crippen molar-refractivity contribution < 1.29 is 36.2 Å². The molecule has 0 spiro atoms. The van der Waals surface area contributed by atoms with Crippen molar-refractivity contribution >= 4 is 112 Å². The Balaban J connectivity index is 0. The lowest BCUT2D eigenvalue weighted by molar-refractivity contribution is 0.186. The Morgan fingerprint density at radius 2 is 0.600 bits per heavy atom. The largest absolute Gasteiger partial charge is 0.321 e. The molecular formula is C20H48O8P4S8. The van der Waals surface area contributed by atoms with E-state index in [2.05, 4.69) is 0 Å². The molecule has 0 N–H and O–H groups in total. The monoisotopic (exact) mass is 796 g/mol. The molecule has 20 heteroatoms. The molecule has 244 valence electrons. The lowest BCUT2D eigenvalue weighted by atomic mass is 10.5. The van der Waals surface area contributed by atoms with Crippen molar-refractivity contribution in [3.05, 3.63) is 0 Å². The first-order valence-electron chi connectivity index (χ1n) is 12.8. The van der Waals surface area contributed by atoms with Gasteiger partial charge in [0.15, 0.2) is 0 Å². The summed E-state index contributed by atoms with van der Waals surface area (Å²) < 4.78 is 45.6. The SMILES string of the molecule is CCOP(=S)(OC(C)C)SSP(=S)(OC(C)C)OC(C)C.CCOP(=S)(OCC)SSP(=S)(OCC)OC(C)C. The molecule has 0 aromatic carbocycles. The fourth-order valence-electron chi connectivity index (χ4n) is 2.11. The van der Waals surface area contributed by atoms with E-state index in [9.17, 15) is 0 Å². The molecule has 2 atom stereocenters. The topological polar surface area (TPSA) is 73.8 Å². The van der Waals surface area contributed by atoms with Crippen LogP contribution < -0.4 is 0 Å². The van der Waals surface area contributed by atoms with E-state index >= 15 is 0 Å². The maximum atomic E-state index is 5.83. The summed E-state index contributed by atoms with van der Waals surface area (Å²) in [7, 11) is 5.44. The van der Waals surface area contributed by atoms with Crippen LogP contribution >= 0.6 is 64.4 Å². The van der Waals surface area contributed by atoms with Crippen LogP contribution in [0.1, 0.15) is 83.1 Å². The van der Waals surface area contributed by atoms with E-state index in [1.165, 1.54) is 41.7 Å². The van der Waals surface area contributed by atoms with E-state index in [1.807, 2.05) is 83.1 Å². The van der Waals surface area contributed by atoms with Gasteiger partial charge in [0, 0.05) is 41.7 Å². The summed E-state index contributed by atoms with van der Waals surface area (Å²) in [5.74, 6) is 0. The normalized spacial score (nSPS) is 15.8. The summed E-state index contributed by atoms with van der Waals surface area (Å²) in [5.41, 5.74) is -9.70. The third-order valence-electron chi connectivity index (χ3n) is 2.94. The number of rotatable bonds is 22. The highest BCUT2D eigenvalue weighted by Gasteiger charge is 2.31. The van der Waals surface area contributed by atoms with Gasteiger partial charge in [-0.3, -0.25) is 0 Å². The Hall–Kier alpha value is 3.68. The van der Waals surface area contributed by atoms with Gasteiger partial charge in [0.25, 0.3) is 22.8 Å². The van der Waals surface area contributed by atoms with Gasteiger partial charge in [-0.2, -0.15) is 0 Å². The first kappa shape index (κ1) is 45.8. The van der Waals surface area contributed by atoms with Crippen LogP contribution in [0, 0.1) is 0 Å². The zero-order valence-corrected chi connectivity index (χ0v) is 35.6. The van der Waals surface area contributed by atoms with Gasteiger partial charge < -0.3 is 36.2 Å². The van der Waals surface area contributed by atoms with Gasteiger partial charge in [-0.1, -0.05) is 0 Å². The van der Waals surface area contributed by atoms with Crippen LogP contribution in [0.25, 0.3) is 0 Å². The molecule has 0 saturated heterocycles. The van der Waals surface area contributed by atoms with Gasteiger partial charge >= 0.3 is 0 Å². The average Bonchev–Trinajstić information content (AvgIpc) is 2.76. The van der Waals surface area contributed by atoms with Crippen LogP contribution in [0.3, 0.4) is 0 Å². The van der Waals surface area contributed by atoms with Crippen LogP contribution in [-0.4, -0.2) is 50.8 Å². The van der Waals surface area contributed by atoms with Crippen LogP contribution in [-0.2, 0) is 83.4 Å². The van der Waals surface area contributed by atoms with E-state index in [1.54, 1.807) is 0 Å². The van der Waals surface area contributed by atoms with Gasteiger partial charge in [0.2, 0.25) is 0 Å². The van der Waals surface area contributed by atoms with Gasteiger partial charge in [0.1, 0.15) is 0 Å². The molecule has 0 amide bonds. The third-order valence-corrected chi connectivity index (χ3v) is 34.0. The Bertz CT molecular complexity index is 842. The van der Waals surface area contributed by atoms with Gasteiger partial charge in [0.05, 0.1) is 50.8 Å². The molecular weight excluding hydrogens is 749 g/mol. The molecule has 0 aromatic heterocycles. The van der Waals surface area contributed by atoms with Crippen molar-refractivity contribution in [3.8, 4) is 0 Å². The van der Waals surface area contributed by atoms with Crippen LogP contribution in [0.5, 0.6) is 0 Å². The second-order valence-corrected chi connectivity index (χ2v) is 35.9. The Labute approximate surface area is 279 Å². The third kappa shape index (κ3) is 23.9. The fraction of sp³-hybridized carbons (Fsp3) is 1.00. The smallest absolute Gasteiger partial charge is 0.258 e. The van der Waals surface area contributed by atoms with Gasteiger partial charge in [-0.05, 0) is 130 Å². The highest BCUT2D eigenvalue weighted by molar-refractivity contribution is 9.18. The molecule has 0 aromatic rings. The Morgan fingerprint density at radius 3 is 0.850 bits per heavy atom. The van der Waals surface area contributed by atoms with E-state index in [0.717, 1.165) is 0 Å². The maximum Gasteiger partial charge on any atom is 0.258 e. The van der Waals surface area contributed by atoms with Crippen molar-refractivity contribution in [1.82, 2.24) is 0 Å². The van der Waals surface area contributed by atoms with Crippen LogP contribution in [0.2, 0.25) is 0 Å². The summed E-state index contributed by atoms with van der Waals surface area (Å²) in [6, 6.07) is 0. The number of hydrogen-bond acceptors (Lipinski definition) is 16. The summed E-state index contributed by atoms with van der Waals surface area (Å²) in [6.45, 7) is 25.2. The lowest BCUT2D eigenvalue weighted by Gasteiger charge is -2.28. The highest BCUT2D eigenvalue weighted by Crippen LogP contribution is 2.78. The Kier molecular flexibility index (Phi) is 27.4. The van der Waals surface area contributed by atoms with Crippen LogP contribution in [0.4, 0.5) is 0 Å². The maximum absolute atomic E-state index is 5.83. The van der Waals surface area contributed by atoms with E-state index < -0.39 is 22.8 Å². The standard InChI is InChI=1S/C11H26O4P2S4.C9H22O4P2S4/c1-8-12-16(18,13-9(2)3)20-21-17(19,14-10(4)5)15-11(6)7;1-6-10-14(16,11-7-2)18-19-15(17,12-8-3)13-9(4)5/h9-11H,8H2,1-7H3;9H,6-8H2,1-5H3. The lowest BCUT2D eigenvalue weighted by Crippen LogP contribution is -2.05. The van der Waals surface area contributed by atoms with Crippen molar-refractivity contribution in [3.63, 3.8) is 0 Å². The number of hydrogen-bond donors (Lipinski definition) is 0. The van der Waals surface area contributed by atoms with E-state index in [-0.39, 0.29) is 24.4 Å². The zero-order valence-electron chi connectivity index (χ0n) is 25.5. The average molecular weight is 797 g/mol. The molecule has 0 bridgehead atoms. The molecule has 0 heterocycles. The van der Waals surface area contributed by atoms with Crippen molar-refractivity contribution in [2.24, 2.45) is 0 Å². The second kappa shape index (κ2) is 23.9. The predicted octanol–water partition coefficient (Wildman–Crippen LogP) is 11.5. The van der Waals surface area contributed by atoms with E-state index in [4.69, 9.17) is 83.4 Å². The molecule has 0 radical (unpaired) electrons. The minimum absolute atomic E-state index is 0.00125. The Morgan fingerprint density at radius 1 is 0.400 bits per heavy atom. The zero-order chi connectivity index (χ0) is 31.6. The molecule has 0 saturated carbocycles. The summed E-state index contributed by atoms with van der Waals surface area (Å²) in [6.07, 6.45) is 0.0187. The highest BCUT2D eigenvalue weighted by atomic mass is 33.5. The van der Waals surface area contributed by atoms with Crippen molar-refractivity contribution in [2.75, 3.05) is 26.4 Å². The van der Waals surface area contributed by atoms with Crippen molar-refractivity contribution in [2.45, 2.75) is 108 Å². The summed E-state index contributed by atoms with van der Waals surface area (Å²) in [5, 5.41) is 0. The molecule has 40 heavy (non-hydrogen) atoms. The minimum atomic E-state index is -2.48. The first-order valence-corrected chi connectivity index (χ1v) is 30.1. The minimum Gasteiger partial charge on any atom is -0.321 e. The van der Waals surface area contributed by atoms with Crippen LogP contribution in [0.15, 0.2) is 0 Å². The molecule has 0 rings (SSSR count). The molecule has 2 unspecified atom stereocenters. The molecule has 8 nitrogen and oxygen atoms in total. The first-order chi connectivity index (χ1) is 18.3. The molecule has 0 aliphatic rings. The molecule has 0 aliphatic carbocycles. The molecule has 0 fully saturated rings. The summed E-state index contributed by atoms with van der Waals surface area (Å²) >= 11 is 22.0. The van der Waals surface area contributed by atoms with Gasteiger partial charge in [-0.25, -0.2) is 0 Å². The summed E-state index contributed by atoms with van der Waals surface area (Å²) in [4.78, 5) is 0.